The molecule has 37 heavy (non-hydrogen) atoms. The molecule has 2 saturated heterocycles. The van der Waals surface area contributed by atoms with E-state index in [1.807, 2.05) is 13.0 Å². The van der Waals surface area contributed by atoms with Crippen molar-refractivity contribution in [1.29, 1.82) is 0 Å². The van der Waals surface area contributed by atoms with Crippen molar-refractivity contribution in [1.82, 2.24) is 14.9 Å². The van der Waals surface area contributed by atoms with Crippen LogP contribution in [-0.4, -0.2) is 77.9 Å². The SMILES string of the molecule is CC(N)COc1cc(F)c2c(c1)CC(CCN1CC3(C1)CN(c1cnc4c(n1)NC(=O)CO4)C(=O)O3)C2. The minimum Gasteiger partial charge on any atom is -0.492 e. The summed E-state index contributed by atoms with van der Waals surface area (Å²) >= 11 is 0. The molecule has 1 aliphatic carbocycles. The summed E-state index contributed by atoms with van der Waals surface area (Å²) in [5.74, 6) is 1.08. The Kier molecular flexibility index (Phi) is 5.87. The number of nitrogens with two attached hydrogens (primary N) is 1. The molecule has 2 unspecified atom stereocenters. The number of carbonyl (C=O) groups is 2. The normalized spacial score (nSPS) is 22.6. The lowest BCUT2D eigenvalue weighted by Crippen LogP contribution is -2.64. The lowest BCUT2D eigenvalue weighted by Gasteiger charge is -2.45. The summed E-state index contributed by atoms with van der Waals surface area (Å²) in [5, 5.41) is 2.60. The maximum Gasteiger partial charge on any atom is 0.416 e. The zero-order valence-electron chi connectivity index (χ0n) is 20.5. The summed E-state index contributed by atoms with van der Waals surface area (Å²) in [4.78, 5) is 36.4. The molecule has 4 aliphatic rings. The highest BCUT2D eigenvalue weighted by Gasteiger charge is 2.54. The summed E-state index contributed by atoms with van der Waals surface area (Å²) in [6, 6.07) is 3.28. The van der Waals surface area contributed by atoms with Crippen LogP contribution < -0.4 is 25.4 Å². The zero-order valence-corrected chi connectivity index (χ0v) is 20.5. The van der Waals surface area contributed by atoms with Crippen LogP contribution in [0.4, 0.5) is 20.8 Å². The van der Waals surface area contributed by atoms with E-state index in [2.05, 4.69) is 20.2 Å². The second kappa shape index (κ2) is 9.10. The van der Waals surface area contributed by atoms with Gasteiger partial charge in [0.2, 0.25) is 0 Å². The van der Waals surface area contributed by atoms with Gasteiger partial charge in [-0.25, -0.2) is 19.2 Å². The third-order valence-corrected chi connectivity index (χ3v) is 7.22. The van der Waals surface area contributed by atoms with Crippen molar-refractivity contribution in [3.63, 3.8) is 0 Å². The number of nitrogens with one attached hydrogen (secondary N) is 1. The average Bonchev–Trinajstić information content (AvgIpc) is 3.41. The summed E-state index contributed by atoms with van der Waals surface area (Å²) in [7, 11) is 0. The number of hydrogen-bond donors (Lipinski definition) is 2. The molecule has 196 valence electrons. The average molecular weight is 513 g/mol. The quantitative estimate of drug-likeness (QED) is 0.566. The first-order valence-electron chi connectivity index (χ1n) is 12.5. The molecule has 12 heteroatoms. The Morgan fingerprint density at radius 3 is 2.95 bits per heavy atom. The first-order valence-corrected chi connectivity index (χ1v) is 12.5. The Balaban J connectivity index is 1.01. The van der Waals surface area contributed by atoms with Crippen LogP contribution in [0.15, 0.2) is 18.3 Å². The summed E-state index contributed by atoms with van der Waals surface area (Å²) in [6.45, 7) is 4.53. The molecule has 6 rings (SSSR count). The number of anilines is 2. The maximum absolute atomic E-state index is 14.6. The largest absolute Gasteiger partial charge is 0.492 e. The standard InChI is InChI=1S/C25H29FN6O5/c1-14(27)9-35-17-6-16-4-15(5-18(16)19(26)7-17)2-3-31-11-25(12-31)13-32(24(34)37-25)20-8-28-23-22(29-20)30-21(33)10-36-23/h6-8,14-15H,2-5,9-13,27H2,1H3,(H,29,30,33). The molecule has 1 spiro atoms. The molecule has 2 fully saturated rings. The van der Waals surface area contributed by atoms with Crippen molar-refractivity contribution < 1.29 is 28.2 Å². The highest BCUT2D eigenvalue weighted by Crippen LogP contribution is 2.38. The molecule has 1 aromatic carbocycles. The first-order chi connectivity index (χ1) is 17.8. The molecule has 3 N–H and O–H groups in total. The van der Waals surface area contributed by atoms with Gasteiger partial charge in [0.1, 0.15) is 18.2 Å². The van der Waals surface area contributed by atoms with Crippen molar-refractivity contribution in [2.24, 2.45) is 11.7 Å². The van der Waals surface area contributed by atoms with Crippen LogP contribution >= 0.6 is 0 Å². The highest BCUT2D eigenvalue weighted by atomic mass is 19.1. The number of rotatable bonds is 7. The molecular weight excluding hydrogens is 483 g/mol. The van der Waals surface area contributed by atoms with Crippen molar-refractivity contribution >= 4 is 23.6 Å². The second-order valence-corrected chi connectivity index (χ2v) is 10.5. The minimum absolute atomic E-state index is 0.113. The van der Waals surface area contributed by atoms with Gasteiger partial charge in [-0.1, -0.05) is 0 Å². The van der Waals surface area contributed by atoms with Crippen molar-refractivity contribution in [2.45, 2.75) is 37.8 Å². The predicted octanol–water partition coefficient (Wildman–Crippen LogP) is 1.49. The number of hydrogen-bond acceptors (Lipinski definition) is 9. The molecule has 3 aliphatic heterocycles. The smallest absolute Gasteiger partial charge is 0.416 e. The number of likely N-dealkylation sites (tertiary alicyclic amines) is 1. The lowest BCUT2D eigenvalue weighted by atomic mass is 9.92. The fraction of sp³-hybridized carbons (Fsp3) is 0.520. The second-order valence-electron chi connectivity index (χ2n) is 10.5. The minimum atomic E-state index is -0.592. The van der Waals surface area contributed by atoms with Gasteiger partial charge >= 0.3 is 6.09 Å². The molecule has 2 atom stereocenters. The molecule has 1 aromatic heterocycles. The van der Waals surface area contributed by atoms with Crippen LogP contribution in [0.5, 0.6) is 11.6 Å². The molecule has 0 bridgehead atoms. The lowest BCUT2D eigenvalue weighted by molar-refractivity contribution is -0.118. The third kappa shape index (κ3) is 4.66. The summed E-state index contributed by atoms with van der Waals surface area (Å²) in [5.41, 5.74) is 6.94. The highest BCUT2D eigenvalue weighted by molar-refractivity contribution is 5.94. The molecule has 0 saturated carbocycles. The Morgan fingerprint density at radius 2 is 2.14 bits per heavy atom. The third-order valence-electron chi connectivity index (χ3n) is 7.22. The monoisotopic (exact) mass is 512 g/mol. The van der Waals surface area contributed by atoms with Crippen LogP contribution in [0.2, 0.25) is 0 Å². The molecule has 4 heterocycles. The molecule has 0 radical (unpaired) electrons. The van der Waals surface area contributed by atoms with Gasteiger partial charge in [0.25, 0.3) is 11.8 Å². The van der Waals surface area contributed by atoms with Crippen molar-refractivity contribution in [3.05, 3.63) is 35.3 Å². The van der Waals surface area contributed by atoms with E-state index in [4.69, 9.17) is 19.9 Å². The zero-order chi connectivity index (χ0) is 25.7. The summed E-state index contributed by atoms with van der Waals surface area (Å²) in [6.07, 6.45) is 3.42. The van der Waals surface area contributed by atoms with Gasteiger partial charge in [0, 0.05) is 25.2 Å². The van der Waals surface area contributed by atoms with E-state index in [-0.39, 0.29) is 36.1 Å². The number of fused-ring (bicyclic) bond motifs is 2. The topological polar surface area (TPSA) is 132 Å². The maximum atomic E-state index is 14.6. The van der Waals surface area contributed by atoms with Gasteiger partial charge in [0.15, 0.2) is 23.8 Å². The van der Waals surface area contributed by atoms with Gasteiger partial charge in [-0.2, -0.15) is 0 Å². The van der Waals surface area contributed by atoms with E-state index in [9.17, 15) is 14.0 Å². The predicted molar refractivity (Wildman–Crippen MR) is 130 cm³/mol. The first kappa shape index (κ1) is 23.9. The Morgan fingerprint density at radius 1 is 1.30 bits per heavy atom. The van der Waals surface area contributed by atoms with Gasteiger partial charge in [-0.15, -0.1) is 0 Å². The van der Waals surface area contributed by atoms with E-state index in [0.717, 1.165) is 30.5 Å². The Bertz CT molecular complexity index is 1250. The van der Waals surface area contributed by atoms with E-state index < -0.39 is 11.7 Å². The number of halogens is 1. The fourth-order valence-corrected chi connectivity index (χ4v) is 5.51. The van der Waals surface area contributed by atoms with E-state index in [1.54, 1.807) is 0 Å². The van der Waals surface area contributed by atoms with Crippen molar-refractivity contribution in [3.8, 4) is 11.6 Å². The van der Waals surface area contributed by atoms with Crippen LogP contribution in [0, 0.1) is 11.7 Å². The number of benzene rings is 1. The van der Waals surface area contributed by atoms with Crippen molar-refractivity contribution in [2.75, 3.05) is 49.6 Å². The molecule has 2 aromatic rings. The molecule has 11 nitrogen and oxygen atoms in total. The number of carbonyl (C=O) groups excluding carboxylic acids is 2. The van der Waals surface area contributed by atoms with Crippen LogP contribution in [0.3, 0.4) is 0 Å². The van der Waals surface area contributed by atoms with Gasteiger partial charge in [-0.05, 0) is 55.8 Å². The van der Waals surface area contributed by atoms with E-state index >= 15 is 0 Å². The van der Waals surface area contributed by atoms with Crippen LogP contribution in [0.25, 0.3) is 0 Å². The van der Waals surface area contributed by atoms with Gasteiger partial charge in [0.05, 0.1) is 12.7 Å². The molecule has 2 amide bonds. The summed E-state index contributed by atoms with van der Waals surface area (Å²) < 4.78 is 31.2. The number of amides is 2. The van der Waals surface area contributed by atoms with Crippen LogP contribution in [0.1, 0.15) is 24.5 Å². The van der Waals surface area contributed by atoms with E-state index in [1.165, 1.54) is 17.2 Å². The van der Waals surface area contributed by atoms with E-state index in [0.29, 0.717) is 50.1 Å². The van der Waals surface area contributed by atoms with Crippen LogP contribution in [-0.2, 0) is 22.4 Å². The molecular formula is C25H29FN6O5. The number of nitrogens with zero attached hydrogens (tertiary/aromatic N) is 4. The Labute approximate surface area is 213 Å². The van der Waals surface area contributed by atoms with Gasteiger partial charge in [-0.3, -0.25) is 14.6 Å². The number of aromatic nitrogens is 2. The Hall–Kier alpha value is -3.51. The fourth-order valence-electron chi connectivity index (χ4n) is 5.51. The number of ether oxygens (including phenoxy) is 3. The van der Waals surface area contributed by atoms with Gasteiger partial charge < -0.3 is 25.3 Å².